The Kier molecular flexibility index (Phi) is 28.9. The number of carbonyl (C=O) groups is 4. The molecule has 27 nitrogen and oxygen atoms in total. The van der Waals surface area contributed by atoms with Gasteiger partial charge in [-0.05, 0) is 114 Å². The van der Waals surface area contributed by atoms with E-state index in [4.69, 9.17) is 28.8 Å². The molecular weight excluding hydrogens is 1800 g/mol. The number of carbonyl (C=O) groups excluding carboxylic acids is 4. The van der Waals surface area contributed by atoms with E-state index in [2.05, 4.69) is 46.2 Å². The van der Waals surface area contributed by atoms with Gasteiger partial charge in [-0.3, -0.25) is 67.3 Å². The Labute approximate surface area is 775 Å². The lowest BCUT2D eigenvalue weighted by Crippen LogP contribution is -2.24. The Bertz CT molecular complexity index is 6450. The molecule has 4 aliphatic heterocycles. The zero-order chi connectivity index (χ0) is 88.4. The average molecular weight is 1880 g/mol. The number of anilines is 4. The molecule has 36 heteroatoms. The number of thiophene rings is 1. The van der Waals surface area contributed by atoms with Crippen LogP contribution in [0.2, 0.25) is 0 Å². The van der Waals surface area contributed by atoms with Crippen LogP contribution in [0.25, 0.3) is 66.8 Å². The van der Waals surface area contributed by atoms with Gasteiger partial charge in [0.15, 0.2) is 20.6 Å². The van der Waals surface area contributed by atoms with Gasteiger partial charge in [-0.1, -0.05) is 168 Å². The highest BCUT2D eigenvalue weighted by Gasteiger charge is 2.29. The third-order valence-corrected chi connectivity index (χ3v) is 28.7. The molecule has 0 atom stereocenters. The van der Waals surface area contributed by atoms with Gasteiger partial charge in [0.25, 0.3) is 22.2 Å². The monoisotopic (exact) mass is 1880 g/mol. The van der Waals surface area contributed by atoms with Crippen LogP contribution >= 0.6 is 105 Å². The van der Waals surface area contributed by atoms with E-state index in [1.807, 2.05) is 212 Å². The van der Waals surface area contributed by atoms with Gasteiger partial charge in [-0.25, -0.2) is 44.9 Å². The van der Waals surface area contributed by atoms with Crippen LogP contribution in [-0.4, -0.2) is 133 Å². The molecule has 0 spiro atoms. The quantitative estimate of drug-likeness (QED) is 0.0322. The maximum absolute atomic E-state index is 13.2. The molecule has 129 heavy (non-hydrogen) atoms. The molecule has 0 fully saturated rings. The van der Waals surface area contributed by atoms with E-state index in [-0.39, 0.29) is 80.8 Å². The highest BCUT2D eigenvalue weighted by Crippen LogP contribution is 2.36. The van der Waals surface area contributed by atoms with E-state index in [1.54, 1.807) is 115 Å². The standard InChI is InChI=1S/C26H21N3O2S2.C23H18N4O2S3.2C22H17N5O3S2/c30-23(27-20-11-7-10-19(16-20)18-8-3-1-4-9-18)17-33-26-28-22-14-15-32-24(22)25(31)29(26)21-12-5-2-6-13-21;28-20(26-19-9-8-15(13-24-19)18-7-4-11-30-18)14-32-23-25-17-10-12-31-21(17)22(29)27(23)16-5-2-1-3-6-16;28-18(26-21-23-11-14(12-24-21)17-7-4-9-30-17)13-32-22-25-16-8-10-31-19(16)20(29)27(22)15-5-2-1-3-6-15;28-18(26-21-23-10-15(11-24-21)14-6-8-30-12-14)13-32-22-25-17-7-9-31-19(17)20(29)27(22)16-4-2-1-3-5-16/h1-13,16H,14-15,17H2,(H,27,30);1-9,11,13H,10,12,14H2,(H,24,26,28);1-7,9,11-12H,8,10,13H2,(H,23,24,26,28);1-6,8,10-12H,7,9,13H2,(H,23,24,26,28). The smallest absolute Gasteiger partial charge is 0.272 e. The van der Waals surface area contributed by atoms with Crippen molar-refractivity contribution in [3.05, 3.63) is 338 Å². The predicted molar refractivity (Wildman–Crippen MR) is 513 cm³/mol. The second kappa shape index (κ2) is 42.3. The molecule has 0 radical (unpaired) electrons. The number of aromatic nitrogens is 13. The number of benzene rings is 6. The van der Waals surface area contributed by atoms with Crippen molar-refractivity contribution in [2.45, 2.75) is 65.9 Å². The SMILES string of the molecule is O=C(CSc1nc2c(c(=O)n1-c1ccccc1)SCC2)Nc1ccc(-c2cccs2)cn1.O=C(CSc1nc2c(c(=O)n1-c1ccccc1)SCC2)Nc1cccc(-c2ccccc2)c1.O=C(CSc1nc2c(c(=O)n1-c1ccccc1)SCC2)Nc1ncc(-c2ccco2)cn1.O=C(CSc1nc2c(c(=O)n1-c1ccccc1)SCC2)Nc1ncc(-c2ccoc2)cn1. The minimum absolute atomic E-state index is 0.0628. The molecule has 4 N–H and O–H groups in total. The summed E-state index contributed by atoms with van der Waals surface area (Å²) in [6.45, 7) is 0. The summed E-state index contributed by atoms with van der Waals surface area (Å²) in [7, 11) is 0. The lowest BCUT2D eigenvalue weighted by Gasteiger charge is -2.14. The number of pyridine rings is 1. The van der Waals surface area contributed by atoms with E-state index in [9.17, 15) is 38.4 Å². The molecule has 6 aromatic carbocycles. The number of hydrogen-bond acceptors (Lipinski definition) is 28. The number of rotatable bonds is 24. The Morgan fingerprint density at radius 3 is 1.12 bits per heavy atom. The van der Waals surface area contributed by atoms with Crippen LogP contribution in [0.3, 0.4) is 0 Å². The average Bonchev–Trinajstić information content (AvgIpc) is 1.54. The van der Waals surface area contributed by atoms with Crippen LogP contribution in [-0.2, 0) is 44.9 Å². The Balaban J connectivity index is 0.000000121. The van der Waals surface area contributed by atoms with E-state index in [1.165, 1.54) is 70.6 Å². The number of thioether (sulfide) groups is 8. The normalized spacial score (nSPS) is 12.5. The van der Waals surface area contributed by atoms with Gasteiger partial charge in [0.05, 0.1) is 112 Å². The molecule has 10 aromatic heterocycles. The summed E-state index contributed by atoms with van der Waals surface area (Å²) in [5.74, 6) is 4.45. The number of fused-ring (bicyclic) bond motifs is 4. The second-order valence-corrected chi connectivity index (χ2v) is 37.4. The molecular formula is C93H73N17O10S9. The minimum Gasteiger partial charge on any atom is -0.472 e. The highest BCUT2D eigenvalue weighted by atomic mass is 32.2. The molecule has 0 unspecified atom stereocenters. The summed E-state index contributed by atoms with van der Waals surface area (Å²) in [6, 6.07) is 68.5. The van der Waals surface area contributed by atoms with Gasteiger partial charge in [-0.2, -0.15) is 0 Å². The van der Waals surface area contributed by atoms with Crippen LogP contribution < -0.4 is 43.5 Å². The summed E-state index contributed by atoms with van der Waals surface area (Å²) < 4.78 is 16.7. The van der Waals surface area contributed by atoms with Crippen molar-refractivity contribution in [2.75, 3.05) is 67.3 Å². The summed E-state index contributed by atoms with van der Waals surface area (Å²) in [5.41, 5.74) is 12.1. The molecule has 0 aliphatic carbocycles. The van der Waals surface area contributed by atoms with Crippen molar-refractivity contribution in [1.29, 1.82) is 0 Å². The van der Waals surface area contributed by atoms with Crippen molar-refractivity contribution in [3.63, 3.8) is 0 Å². The van der Waals surface area contributed by atoms with Gasteiger partial charge in [0.2, 0.25) is 35.5 Å². The largest absolute Gasteiger partial charge is 0.472 e. The molecule has 16 aromatic rings. The highest BCUT2D eigenvalue weighted by molar-refractivity contribution is 8.01. The predicted octanol–water partition coefficient (Wildman–Crippen LogP) is 17.3. The molecule has 4 amide bonds. The number of hydrogen-bond donors (Lipinski definition) is 4. The summed E-state index contributed by atoms with van der Waals surface area (Å²) >= 11 is 12.8. The lowest BCUT2D eigenvalue weighted by molar-refractivity contribution is -0.114. The second-order valence-electron chi connectivity index (χ2n) is 28.3. The van der Waals surface area contributed by atoms with Gasteiger partial charge < -0.3 is 19.5 Å². The van der Waals surface area contributed by atoms with Crippen LogP contribution in [0.1, 0.15) is 22.8 Å². The first-order valence-electron chi connectivity index (χ1n) is 40.2. The number of aryl methyl sites for hydroxylation is 4. The molecule has 644 valence electrons. The summed E-state index contributed by atoms with van der Waals surface area (Å²) in [5, 5.41) is 15.2. The number of nitrogens with zero attached hydrogens (tertiary/aromatic N) is 13. The van der Waals surface area contributed by atoms with E-state index < -0.39 is 0 Å². The van der Waals surface area contributed by atoms with Crippen molar-refractivity contribution < 1.29 is 28.0 Å². The third-order valence-electron chi connectivity index (χ3n) is 19.6. The number of para-hydroxylation sites is 4. The van der Waals surface area contributed by atoms with Crippen molar-refractivity contribution in [1.82, 2.24) is 63.1 Å². The maximum atomic E-state index is 13.2. The fourth-order valence-electron chi connectivity index (χ4n) is 13.6. The first-order chi connectivity index (χ1) is 63.2. The van der Waals surface area contributed by atoms with Crippen LogP contribution in [0, 0.1) is 0 Å². The van der Waals surface area contributed by atoms with Gasteiger partial charge in [0, 0.05) is 107 Å². The first kappa shape index (κ1) is 88.1. The van der Waals surface area contributed by atoms with Gasteiger partial charge >= 0.3 is 0 Å². The van der Waals surface area contributed by atoms with E-state index >= 15 is 0 Å². The first-order valence-corrected chi connectivity index (χ1v) is 49.0. The van der Waals surface area contributed by atoms with Crippen LogP contribution in [0.5, 0.6) is 0 Å². The molecule has 20 rings (SSSR count). The summed E-state index contributed by atoms with van der Waals surface area (Å²) in [6.07, 6.45) is 15.9. The summed E-state index contributed by atoms with van der Waals surface area (Å²) in [4.78, 5) is 147. The molecule has 0 saturated carbocycles. The van der Waals surface area contributed by atoms with Crippen LogP contribution in [0.15, 0.2) is 342 Å². The fourth-order valence-corrected chi connectivity index (χ4v) is 21.7. The van der Waals surface area contributed by atoms with E-state index in [0.717, 1.165) is 138 Å². The van der Waals surface area contributed by atoms with Crippen molar-refractivity contribution in [2.24, 2.45) is 0 Å². The molecule has 14 heterocycles. The maximum Gasteiger partial charge on any atom is 0.272 e. The topological polar surface area (TPSA) is 347 Å². The Hall–Kier alpha value is -12.9. The number of furan rings is 2. The van der Waals surface area contributed by atoms with Gasteiger partial charge in [-0.15, -0.1) is 58.4 Å². The van der Waals surface area contributed by atoms with Crippen molar-refractivity contribution in [3.8, 4) is 66.8 Å². The Morgan fingerprint density at radius 1 is 0.349 bits per heavy atom. The van der Waals surface area contributed by atoms with Gasteiger partial charge in [0.1, 0.15) is 11.6 Å². The van der Waals surface area contributed by atoms with E-state index in [0.29, 0.717) is 51.8 Å². The van der Waals surface area contributed by atoms with Crippen molar-refractivity contribution >= 4 is 152 Å². The third kappa shape index (κ3) is 21.8. The molecule has 0 saturated heterocycles. The van der Waals surface area contributed by atoms with Crippen LogP contribution in [0.4, 0.5) is 23.4 Å². The zero-order valence-electron chi connectivity index (χ0n) is 68.0. The number of amides is 4. The Morgan fingerprint density at radius 2 is 0.744 bits per heavy atom. The number of nitrogens with one attached hydrogen (secondary N) is 4. The zero-order valence-corrected chi connectivity index (χ0v) is 75.4. The molecule has 0 bridgehead atoms. The minimum atomic E-state index is -0.288. The molecule has 4 aliphatic rings. The lowest BCUT2D eigenvalue weighted by atomic mass is 10.1. The fraction of sp³-hybridized carbons (Fsp3) is 0.129.